The monoisotopic (exact) mass is 178 g/mol. The van der Waals surface area contributed by atoms with Crippen molar-refractivity contribution in [2.24, 2.45) is 0 Å². The van der Waals surface area contributed by atoms with Gasteiger partial charge < -0.3 is 10.1 Å². The van der Waals surface area contributed by atoms with Gasteiger partial charge in [0.05, 0.1) is 18.5 Å². The van der Waals surface area contributed by atoms with Crippen LogP contribution in [0.3, 0.4) is 0 Å². The molecule has 0 spiro atoms. The van der Waals surface area contributed by atoms with Crippen molar-refractivity contribution < 1.29 is 4.74 Å². The highest BCUT2D eigenvalue weighted by Crippen LogP contribution is 2.24. The van der Waals surface area contributed by atoms with Crippen LogP contribution in [-0.4, -0.2) is 17.6 Å². The maximum absolute atomic E-state index is 5.24. The number of hydrogen-bond acceptors (Lipinski definition) is 3. The molecule has 1 heterocycles. The van der Waals surface area contributed by atoms with Gasteiger partial charge in [0.2, 0.25) is 5.88 Å². The van der Waals surface area contributed by atoms with E-state index in [9.17, 15) is 0 Å². The Morgan fingerprint density at radius 2 is 2.38 bits per heavy atom. The van der Waals surface area contributed by atoms with Gasteiger partial charge in [0, 0.05) is 12.1 Å². The molecule has 70 valence electrons. The van der Waals surface area contributed by atoms with Crippen molar-refractivity contribution in [2.75, 3.05) is 11.9 Å². The van der Waals surface area contributed by atoms with Gasteiger partial charge in [-0.05, 0) is 25.8 Å². The predicted octanol–water partition coefficient (Wildman–Crippen LogP) is 2.05. The molecule has 1 N–H and O–H groups in total. The summed E-state index contributed by atoms with van der Waals surface area (Å²) in [7, 11) is 0. The number of nitrogens with zero attached hydrogens (tertiary/aromatic N) is 1. The first-order chi connectivity index (χ1) is 6.38. The van der Waals surface area contributed by atoms with Gasteiger partial charge in [0.15, 0.2) is 0 Å². The molecule has 2 rings (SSSR count). The third kappa shape index (κ3) is 2.34. The molecular weight excluding hydrogens is 164 g/mol. The number of rotatable bonds is 4. The van der Waals surface area contributed by atoms with Crippen LogP contribution in [0.5, 0.6) is 5.88 Å². The number of nitrogens with one attached hydrogen (secondary N) is 1. The van der Waals surface area contributed by atoms with Gasteiger partial charge in [-0.3, -0.25) is 0 Å². The van der Waals surface area contributed by atoms with Crippen LogP contribution in [0.25, 0.3) is 0 Å². The molecule has 0 saturated heterocycles. The molecule has 3 heteroatoms. The fourth-order valence-corrected chi connectivity index (χ4v) is 1.16. The lowest BCUT2D eigenvalue weighted by Crippen LogP contribution is -2.01. The first-order valence-electron chi connectivity index (χ1n) is 4.74. The molecule has 0 aliphatic heterocycles. The smallest absolute Gasteiger partial charge is 0.213 e. The van der Waals surface area contributed by atoms with Gasteiger partial charge in [0.25, 0.3) is 0 Å². The second kappa shape index (κ2) is 3.64. The largest absolute Gasteiger partial charge is 0.478 e. The fourth-order valence-electron chi connectivity index (χ4n) is 1.16. The summed E-state index contributed by atoms with van der Waals surface area (Å²) in [6, 6.07) is 4.59. The SMILES string of the molecule is CCOc1ccc(NC2CC2)cn1. The van der Waals surface area contributed by atoms with Crippen LogP contribution in [0.2, 0.25) is 0 Å². The van der Waals surface area contributed by atoms with Crippen LogP contribution in [-0.2, 0) is 0 Å². The number of pyridine rings is 1. The second-order valence-electron chi connectivity index (χ2n) is 3.24. The quantitative estimate of drug-likeness (QED) is 0.766. The highest BCUT2D eigenvalue weighted by molar-refractivity contribution is 5.43. The topological polar surface area (TPSA) is 34.1 Å². The van der Waals surface area contributed by atoms with Crippen molar-refractivity contribution in [3.63, 3.8) is 0 Å². The third-order valence-corrected chi connectivity index (χ3v) is 1.98. The summed E-state index contributed by atoms with van der Waals surface area (Å²) in [6.07, 6.45) is 4.39. The lowest BCUT2D eigenvalue weighted by molar-refractivity contribution is 0.327. The van der Waals surface area contributed by atoms with E-state index >= 15 is 0 Å². The standard InChI is InChI=1S/C10H14N2O/c1-2-13-10-6-5-9(7-11-10)12-8-3-4-8/h5-8,12H,2-4H2,1H3. The Morgan fingerprint density at radius 3 is 2.92 bits per heavy atom. The van der Waals surface area contributed by atoms with Crippen LogP contribution >= 0.6 is 0 Å². The molecular formula is C10H14N2O. The molecule has 1 saturated carbocycles. The average molecular weight is 178 g/mol. The Kier molecular flexibility index (Phi) is 2.34. The summed E-state index contributed by atoms with van der Waals surface area (Å²) in [4.78, 5) is 4.16. The number of aromatic nitrogens is 1. The minimum atomic E-state index is 0.669. The minimum absolute atomic E-state index is 0.669. The van der Waals surface area contributed by atoms with E-state index in [2.05, 4.69) is 10.3 Å². The maximum Gasteiger partial charge on any atom is 0.213 e. The third-order valence-electron chi connectivity index (χ3n) is 1.98. The van der Waals surface area contributed by atoms with E-state index in [0.717, 1.165) is 5.69 Å². The van der Waals surface area contributed by atoms with E-state index in [-0.39, 0.29) is 0 Å². The van der Waals surface area contributed by atoms with E-state index in [1.807, 2.05) is 25.3 Å². The normalized spacial score (nSPS) is 15.5. The number of anilines is 1. The number of ether oxygens (including phenoxy) is 1. The Bertz CT molecular complexity index is 267. The van der Waals surface area contributed by atoms with Gasteiger partial charge in [-0.15, -0.1) is 0 Å². The molecule has 0 bridgehead atoms. The number of hydrogen-bond donors (Lipinski definition) is 1. The van der Waals surface area contributed by atoms with Crippen molar-refractivity contribution in [1.29, 1.82) is 0 Å². The van der Waals surface area contributed by atoms with E-state index in [0.29, 0.717) is 18.5 Å². The molecule has 1 aromatic heterocycles. The highest BCUT2D eigenvalue weighted by Gasteiger charge is 2.20. The second-order valence-corrected chi connectivity index (χ2v) is 3.24. The molecule has 0 atom stereocenters. The molecule has 1 fully saturated rings. The summed E-state index contributed by atoms with van der Waals surface area (Å²) in [5.41, 5.74) is 1.09. The lowest BCUT2D eigenvalue weighted by atomic mass is 10.4. The zero-order valence-corrected chi connectivity index (χ0v) is 7.79. The zero-order chi connectivity index (χ0) is 9.10. The van der Waals surface area contributed by atoms with Gasteiger partial charge in [0.1, 0.15) is 0 Å². The van der Waals surface area contributed by atoms with Gasteiger partial charge >= 0.3 is 0 Å². The van der Waals surface area contributed by atoms with Crippen molar-refractivity contribution in [3.05, 3.63) is 18.3 Å². The van der Waals surface area contributed by atoms with Crippen molar-refractivity contribution in [1.82, 2.24) is 4.98 Å². The summed E-state index contributed by atoms with van der Waals surface area (Å²) < 4.78 is 5.24. The summed E-state index contributed by atoms with van der Waals surface area (Å²) >= 11 is 0. The summed E-state index contributed by atoms with van der Waals surface area (Å²) in [6.45, 7) is 2.63. The van der Waals surface area contributed by atoms with E-state index < -0.39 is 0 Å². The van der Waals surface area contributed by atoms with E-state index in [1.54, 1.807) is 0 Å². The molecule has 0 amide bonds. The molecule has 1 aliphatic carbocycles. The molecule has 0 unspecified atom stereocenters. The van der Waals surface area contributed by atoms with Crippen molar-refractivity contribution >= 4 is 5.69 Å². The van der Waals surface area contributed by atoms with Crippen LogP contribution in [0.4, 0.5) is 5.69 Å². The van der Waals surface area contributed by atoms with Gasteiger partial charge in [-0.1, -0.05) is 0 Å². The zero-order valence-electron chi connectivity index (χ0n) is 7.79. The molecule has 1 aromatic rings. The first-order valence-corrected chi connectivity index (χ1v) is 4.74. The molecule has 3 nitrogen and oxygen atoms in total. The fraction of sp³-hybridized carbons (Fsp3) is 0.500. The molecule has 0 radical (unpaired) electrons. The maximum atomic E-state index is 5.24. The lowest BCUT2D eigenvalue weighted by Gasteiger charge is -2.05. The van der Waals surface area contributed by atoms with Crippen molar-refractivity contribution in [2.45, 2.75) is 25.8 Å². The Hall–Kier alpha value is -1.25. The van der Waals surface area contributed by atoms with E-state index in [4.69, 9.17) is 4.74 Å². The Balaban J connectivity index is 1.95. The predicted molar refractivity (Wildman–Crippen MR) is 52.1 cm³/mol. The van der Waals surface area contributed by atoms with Crippen LogP contribution in [0, 0.1) is 0 Å². The molecule has 0 aromatic carbocycles. The van der Waals surface area contributed by atoms with Crippen LogP contribution < -0.4 is 10.1 Å². The van der Waals surface area contributed by atoms with Crippen LogP contribution in [0.1, 0.15) is 19.8 Å². The molecule has 13 heavy (non-hydrogen) atoms. The Morgan fingerprint density at radius 1 is 1.54 bits per heavy atom. The van der Waals surface area contributed by atoms with Gasteiger partial charge in [-0.2, -0.15) is 0 Å². The van der Waals surface area contributed by atoms with Gasteiger partial charge in [-0.25, -0.2) is 4.98 Å². The first kappa shape index (κ1) is 8.35. The van der Waals surface area contributed by atoms with Crippen LogP contribution in [0.15, 0.2) is 18.3 Å². The Labute approximate surface area is 78.1 Å². The van der Waals surface area contributed by atoms with Crippen molar-refractivity contribution in [3.8, 4) is 5.88 Å². The molecule has 1 aliphatic rings. The minimum Gasteiger partial charge on any atom is -0.478 e. The summed E-state index contributed by atoms with van der Waals surface area (Å²) in [5, 5.41) is 3.37. The van der Waals surface area contributed by atoms with E-state index in [1.165, 1.54) is 12.8 Å². The average Bonchev–Trinajstić information content (AvgIpc) is 2.93. The summed E-state index contributed by atoms with van der Waals surface area (Å²) in [5.74, 6) is 0.698. The highest BCUT2D eigenvalue weighted by atomic mass is 16.5.